The van der Waals surface area contributed by atoms with Crippen LogP contribution >= 0.6 is 11.3 Å². The van der Waals surface area contributed by atoms with Gasteiger partial charge in [0.05, 0.1) is 5.01 Å². The van der Waals surface area contributed by atoms with E-state index in [1.165, 1.54) is 16.7 Å². The molecule has 4 nitrogen and oxygen atoms in total. The standard InChI is InChI=1S/C7H7F3N2O2S/c1-4-11-5(2-15-4)6(13)12-14-3-7(8,9)10/h2H,3H2,1H3,(H,12,13). The second-order valence-electron chi connectivity index (χ2n) is 2.59. The predicted octanol–water partition coefficient (Wildman–Crippen LogP) is 1.68. The van der Waals surface area contributed by atoms with Crippen LogP contribution in [0, 0.1) is 6.92 Å². The molecule has 1 aromatic heterocycles. The fourth-order valence-electron chi connectivity index (χ4n) is 0.703. The smallest absolute Gasteiger partial charge is 0.265 e. The quantitative estimate of drug-likeness (QED) is 0.818. The molecule has 1 amide bonds. The molecule has 0 atom stereocenters. The van der Waals surface area contributed by atoms with E-state index in [0.717, 1.165) is 0 Å². The van der Waals surface area contributed by atoms with Crippen LogP contribution in [0.1, 0.15) is 15.5 Å². The number of hydroxylamine groups is 1. The molecule has 84 valence electrons. The number of aryl methyl sites for hydroxylation is 1. The van der Waals surface area contributed by atoms with Gasteiger partial charge >= 0.3 is 6.18 Å². The molecule has 0 fully saturated rings. The molecular weight excluding hydrogens is 233 g/mol. The molecule has 0 aliphatic rings. The third-order valence-electron chi connectivity index (χ3n) is 1.25. The molecular formula is C7H7F3N2O2S. The lowest BCUT2D eigenvalue weighted by Gasteiger charge is -2.06. The van der Waals surface area contributed by atoms with E-state index < -0.39 is 18.7 Å². The highest BCUT2D eigenvalue weighted by Gasteiger charge is 2.28. The van der Waals surface area contributed by atoms with Crippen molar-refractivity contribution < 1.29 is 22.8 Å². The Balaban J connectivity index is 2.37. The summed E-state index contributed by atoms with van der Waals surface area (Å²) in [5, 5.41) is 2.08. The molecule has 1 heterocycles. The lowest BCUT2D eigenvalue weighted by atomic mass is 10.5. The van der Waals surface area contributed by atoms with Crippen LogP contribution in [0.4, 0.5) is 13.2 Å². The van der Waals surface area contributed by atoms with E-state index in [1.807, 2.05) is 0 Å². The summed E-state index contributed by atoms with van der Waals surface area (Å²) in [7, 11) is 0. The van der Waals surface area contributed by atoms with Crippen molar-refractivity contribution in [2.75, 3.05) is 6.61 Å². The van der Waals surface area contributed by atoms with Crippen LogP contribution in [0.25, 0.3) is 0 Å². The van der Waals surface area contributed by atoms with Crippen LogP contribution in [0.5, 0.6) is 0 Å². The lowest BCUT2D eigenvalue weighted by Crippen LogP contribution is -2.29. The zero-order chi connectivity index (χ0) is 11.5. The minimum absolute atomic E-state index is 0.0414. The maximum absolute atomic E-state index is 11.6. The highest BCUT2D eigenvalue weighted by atomic mass is 32.1. The number of amides is 1. The van der Waals surface area contributed by atoms with Crippen molar-refractivity contribution in [2.24, 2.45) is 0 Å². The summed E-state index contributed by atoms with van der Waals surface area (Å²) in [4.78, 5) is 18.8. The van der Waals surface area contributed by atoms with Gasteiger partial charge < -0.3 is 0 Å². The zero-order valence-electron chi connectivity index (χ0n) is 7.59. The second kappa shape index (κ2) is 4.58. The normalized spacial score (nSPS) is 11.5. The first kappa shape index (κ1) is 11.9. The van der Waals surface area contributed by atoms with Crippen molar-refractivity contribution in [3.63, 3.8) is 0 Å². The summed E-state index contributed by atoms with van der Waals surface area (Å²) < 4.78 is 34.9. The Labute approximate surface area is 87.0 Å². The molecule has 0 aliphatic carbocycles. The first-order valence-corrected chi connectivity index (χ1v) is 4.67. The van der Waals surface area contributed by atoms with Crippen LogP contribution in [-0.2, 0) is 4.84 Å². The molecule has 0 aliphatic heterocycles. The third-order valence-corrected chi connectivity index (χ3v) is 2.03. The number of hydrogen-bond acceptors (Lipinski definition) is 4. The van der Waals surface area contributed by atoms with Gasteiger partial charge in [0.25, 0.3) is 5.91 Å². The second-order valence-corrected chi connectivity index (χ2v) is 3.65. The summed E-state index contributed by atoms with van der Waals surface area (Å²) in [6.07, 6.45) is -4.47. The van der Waals surface area contributed by atoms with E-state index in [0.29, 0.717) is 5.01 Å². The summed E-state index contributed by atoms with van der Waals surface area (Å²) >= 11 is 1.22. The first-order valence-electron chi connectivity index (χ1n) is 3.79. The highest BCUT2D eigenvalue weighted by molar-refractivity contribution is 7.09. The minimum atomic E-state index is -4.47. The van der Waals surface area contributed by atoms with Crippen molar-refractivity contribution in [1.82, 2.24) is 10.5 Å². The highest BCUT2D eigenvalue weighted by Crippen LogP contribution is 2.14. The largest absolute Gasteiger partial charge is 0.414 e. The van der Waals surface area contributed by atoms with E-state index in [9.17, 15) is 18.0 Å². The van der Waals surface area contributed by atoms with Crippen LogP contribution in [-0.4, -0.2) is 23.7 Å². The molecule has 1 N–H and O–H groups in total. The number of rotatable bonds is 3. The number of thiazole rings is 1. The topological polar surface area (TPSA) is 51.2 Å². The number of alkyl halides is 3. The Morgan fingerprint density at radius 2 is 2.33 bits per heavy atom. The van der Waals surface area contributed by atoms with Gasteiger partial charge in [0.1, 0.15) is 5.69 Å². The van der Waals surface area contributed by atoms with Crippen molar-refractivity contribution >= 4 is 17.2 Å². The molecule has 0 unspecified atom stereocenters. The van der Waals surface area contributed by atoms with Gasteiger partial charge in [-0.1, -0.05) is 0 Å². The van der Waals surface area contributed by atoms with E-state index in [-0.39, 0.29) is 5.69 Å². The molecule has 0 aromatic carbocycles. The first-order chi connectivity index (χ1) is 6.88. The number of nitrogens with one attached hydrogen (secondary N) is 1. The molecule has 0 bridgehead atoms. The van der Waals surface area contributed by atoms with E-state index >= 15 is 0 Å². The van der Waals surface area contributed by atoms with Crippen LogP contribution in [0.2, 0.25) is 0 Å². The van der Waals surface area contributed by atoms with Crippen LogP contribution < -0.4 is 5.48 Å². The Morgan fingerprint density at radius 1 is 1.67 bits per heavy atom. The third kappa shape index (κ3) is 4.26. The van der Waals surface area contributed by atoms with Gasteiger partial charge in [0.2, 0.25) is 0 Å². The van der Waals surface area contributed by atoms with Gasteiger partial charge in [-0.05, 0) is 6.92 Å². The van der Waals surface area contributed by atoms with Gasteiger partial charge in [-0.25, -0.2) is 10.5 Å². The summed E-state index contributed by atoms with van der Waals surface area (Å²) in [5.41, 5.74) is 1.70. The van der Waals surface area contributed by atoms with Crippen LogP contribution in [0.3, 0.4) is 0 Å². The Kier molecular flexibility index (Phi) is 3.64. The summed E-state index contributed by atoms with van der Waals surface area (Å²) in [6, 6.07) is 0. The molecule has 1 aromatic rings. The van der Waals surface area contributed by atoms with Crippen molar-refractivity contribution in [2.45, 2.75) is 13.1 Å². The summed E-state index contributed by atoms with van der Waals surface area (Å²) in [5.74, 6) is -0.788. The maximum Gasteiger partial charge on any atom is 0.414 e. The van der Waals surface area contributed by atoms with Gasteiger partial charge in [-0.3, -0.25) is 9.63 Å². The number of aromatic nitrogens is 1. The fraction of sp³-hybridized carbons (Fsp3) is 0.429. The monoisotopic (exact) mass is 240 g/mol. The molecule has 15 heavy (non-hydrogen) atoms. The lowest BCUT2D eigenvalue weighted by molar-refractivity contribution is -0.184. The molecule has 0 saturated heterocycles. The van der Waals surface area contributed by atoms with Crippen molar-refractivity contribution in [3.8, 4) is 0 Å². The minimum Gasteiger partial charge on any atom is -0.265 e. The number of nitrogens with zero attached hydrogens (tertiary/aromatic N) is 1. The number of carbonyl (C=O) groups is 1. The number of carbonyl (C=O) groups excluding carboxylic acids is 1. The van der Waals surface area contributed by atoms with Gasteiger partial charge in [0, 0.05) is 5.38 Å². The average Bonchev–Trinajstić information content (AvgIpc) is 2.49. The zero-order valence-corrected chi connectivity index (χ0v) is 8.41. The molecule has 0 radical (unpaired) electrons. The van der Waals surface area contributed by atoms with Gasteiger partial charge in [-0.2, -0.15) is 13.2 Å². The van der Waals surface area contributed by atoms with Gasteiger partial charge in [-0.15, -0.1) is 11.3 Å². The SMILES string of the molecule is Cc1nc(C(=O)NOCC(F)(F)F)cs1. The molecule has 8 heteroatoms. The Bertz CT molecular complexity index is 350. The van der Waals surface area contributed by atoms with Crippen molar-refractivity contribution in [1.29, 1.82) is 0 Å². The molecule has 0 saturated carbocycles. The summed E-state index contributed by atoms with van der Waals surface area (Å²) in [6.45, 7) is 0.153. The average molecular weight is 240 g/mol. The van der Waals surface area contributed by atoms with Crippen molar-refractivity contribution in [3.05, 3.63) is 16.1 Å². The molecule has 0 spiro atoms. The molecule has 1 rings (SSSR count). The number of halogens is 3. The van der Waals surface area contributed by atoms with Gasteiger partial charge in [0.15, 0.2) is 6.61 Å². The van der Waals surface area contributed by atoms with Crippen LogP contribution in [0.15, 0.2) is 5.38 Å². The fourth-order valence-corrected chi connectivity index (χ4v) is 1.30. The van der Waals surface area contributed by atoms with E-state index in [2.05, 4.69) is 9.82 Å². The van der Waals surface area contributed by atoms with E-state index in [1.54, 1.807) is 12.4 Å². The van der Waals surface area contributed by atoms with E-state index in [4.69, 9.17) is 0 Å². The number of hydrogen-bond donors (Lipinski definition) is 1. The predicted molar refractivity (Wildman–Crippen MR) is 46.3 cm³/mol. The Morgan fingerprint density at radius 3 is 2.80 bits per heavy atom. The Hall–Kier alpha value is -1.15. The maximum atomic E-state index is 11.6.